The molecule has 0 aliphatic carbocycles. The molecule has 0 N–H and O–H groups in total. The first-order valence-corrected chi connectivity index (χ1v) is 16.8. The number of benzene rings is 7. The molecule has 0 bridgehead atoms. The number of aromatic nitrogens is 3. The second kappa shape index (κ2) is 10.7. The van der Waals surface area contributed by atoms with E-state index in [4.69, 9.17) is 19.4 Å². The molecule has 7 aromatic carbocycles. The molecule has 0 spiro atoms. The fourth-order valence-electron chi connectivity index (χ4n) is 6.83. The van der Waals surface area contributed by atoms with E-state index in [0.717, 1.165) is 49.8 Å². The lowest BCUT2D eigenvalue weighted by atomic mass is 9.97. The summed E-state index contributed by atoms with van der Waals surface area (Å²) >= 11 is 1.85. The predicted octanol–water partition coefficient (Wildman–Crippen LogP) is 12.0. The van der Waals surface area contributed by atoms with Gasteiger partial charge in [-0.1, -0.05) is 121 Å². The van der Waals surface area contributed by atoms with Crippen LogP contribution >= 0.6 is 11.3 Å². The van der Waals surface area contributed by atoms with Crippen LogP contribution in [0.4, 0.5) is 0 Å². The van der Waals surface area contributed by atoms with Crippen molar-refractivity contribution in [3.63, 3.8) is 0 Å². The Labute approximate surface area is 279 Å². The van der Waals surface area contributed by atoms with Crippen molar-refractivity contribution in [2.45, 2.75) is 0 Å². The van der Waals surface area contributed by atoms with Crippen molar-refractivity contribution in [3.05, 3.63) is 152 Å². The smallest absolute Gasteiger partial charge is 0.164 e. The lowest BCUT2D eigenvalue weighted by Crippen LogP contribution is -2.00. The van der Waals surface area contributed by atoms with Gasteiger partial charge in [-0.3, -0.25) is 0 Å². The number of furan rings is 1. The Hall–Kier alpha value is -6.17. The first-order valence-electron chi connectivity index (χ1n) is 15.9. The molecular formula is C43H25N3OS. The highest BCUT2D eigenvalue weighted by Gasteiger charge is 2.19. The zero-order chi connectivity index (χ0) is 31.6. The van der Waals surface area contributed by atoms with E-state index in [1.165, 1.54) is 30.9 Å². The molecule has 10 rings (SSSR count). The summed E-state index contributed by atoms with van der Waals surface area (Å²) in [6.07, 6.45) is 0. The summed E-state index contributed by atoms with van der Waals surface area (Å²) in [6, 6.07) is 52.7. The van der Waals surface area contributed by atoms with E-state index in [0.29, 0.717) is 17.5 Å². The molecule has 0 atom stereocenters. The number of hydrogen-bond acceptors (Lipinski definition) is 5. The van der Waals surface area contributed by atoms with Crippen molar-refractivity contribution in [3.8, 4) is 45.3 Å². The summed E-state index contributed by atoms with van der Waals surface area (Å²) in [5.41, 5.74) is 6.60. The summed E-state index contributed by atoms with van der Waals surface area (Å²) in [5, 5.41) is 7.09. The standard InChI is InChI=1S/C43H25N3OS/c1-3-11-26(12-4-1)41-44-42(27-13-5-2-6-14-27)46-43(45-41)34-18-10-19-36-39(34)33-17-9-16-31(40(33)47-36)29-22-21-28-24-35-32-15-7-8-20-37(32)48-38(35)25-30(28)23-29/h1-25H. The van der Waals surface area contributed by atoms with E-state index in [1.807, 2.05) is 84.1 Å². The maximum absolute atomic E-state index is 6.68. The molecule has 5 heteroatoms. The number of thiophene rings is 1. The molecule has 0 fully saturated rings. The molecule has 0 unspecified atom stereocenters. The Balaban J connectivity index is 1.16. The van der Waals surface area contributed by atoms with Gasteiger partial charge in [0.15, 0.2) is 17.5 Å². The van der Waals surface area contributed by atoms with Gasteiger partial charge in [0.25, 0.3) is 0 Å². The van der Waals surface area contributed by atoms with E-state index in [2.05, 4.69) is 78.9 Å². The molecule has 0 aliphatic heterocycles. The summed E-state index contributed by atoms with van der Waals surface area (Å²) in [5.74, 6) is 1.88. The van der Waals surface area contributed by atoms with Gasteiger partial charge < -0.3 is 4.42 Å². The van der Waals surface area contributed by atoms with Crippen LogP contribution in [0.1, 0.15) is 0 Å². The third-order valence-electron chi connectivity index (χ3n) is 9.11. The van der Waals surface area contributed by atoms with Crippen molar-refractivity contribution in [1.82, 2.24) is 15.0 Å². The fourth-order valence-corrected chi connectivity index (χ4v) is 7.96. The van der Waals surface area contributed by atoms with Crippen LogP contribution in [0.25, 0.3) is 98.2 Å². The molecule has 10 aromatic rings. The average Bonchev–Trinajstić information content (AvgIpc) is 3.72. The van der Waals surface area contributed by atoms with Gasteiger partial charge in [0.1, 0.15) is 11.2 Å². The van der Waals surface area contributed by atoms with Gasteiger partial charge in [-0.25, -0.2) is 15.0 Å². The Morgan fingerprint density at radius 1 is 0.417 bits per heavy atom. The van der Waals surface area contributed by atoms with E-state index in [1.54, 1.807) is 0 Å². The molecule has 3 aromatic heterocycles. The van der Waals surface area contributed by atoms with Crippen molar-refractivity contribution in [2.24, 2.45) is 0 Å². The minimum atomic E-state index is 0.611. The average molecular weight is 632 g/mol. The van der Waals surface area contributed by atoms with Crippen LogP contribution in [0.5, 0.6) is 0 Å². The molecule has 0 amide bonds. The zero-order valence-electron chi connectivity index (χ0n) is 25.6. The van der Waals surface area contributed by atoms with Crippen LogP contribution in [0.2, 0.25) is 0 Å². The van der Waals surface area contributed by atoms with Crippen LogP contribution in [0, 0.1) is 0 Å². The molecule has 0 saturated heterocycles. The third-order valence-corrected chi connectivity index (χ3v) is 10.2. The Bertz CT molecular complexity index is 2780. The third kappa shape index (κ3) is 4.33. The van der Waals surface area contributed by atoms with E-state index in [-0.39, 0.29) is 0 Å². The summed E-state index contributed by atoms with van der Waals surface area (Å²) in [7, 11) is 0. The largest absolute Gasteiger partial charge is 0.455 e. The highest BCUT2D eigenvalue weighted by Crippen LogP contribution is 2.42. The maximum Gasteiger partial charge on any atom is 0.164 e. The molecule has 48 heavy (non-hydrogen) atoms. The van der Waals surface area contributed by atoms with E-state index in [9.17, 15) is 0 Å². The number of fused-ring (bicyclic) bond motifs is 7. The molecule has 0 aliphatic rings. The monoisotopic (exact) mass is 631 g/mol. The van der Waals surface area contributed by atoms with Crippen molar-refractivity contribution < 1.29 is 4.42 Å². The molecular weight excluding hydrogens is 607 g/mol. The van der Waals surface area contributed by atoms with Gasteiger partial charge in [-0.2, -0.15) is 0 Å². The lowest BCUT2D eigenvalue weighted by molar-refractivity contribution is 0.670. The molecule has 0 saturated carbocycles. The number of hydrogen-bond donors (Lipinski definition) is 0. The highest BCUT2D eigenvalue weighted by molar-refractivity contribution is 7.25. The van der Waals surface area contributed by atoms with Crippen LogP contribution in [-0.4, -0.2) is 15.0 Å². The van der Waals surface area contributed by atoms with Crippen LogP contribution in [0.15, 0.2) is 156 Å². The zero-order valence-corrected chi connectivity index (χ0v) is 26.4. The SMILES string of the molecule is c1ccc(-c2nc(-c3ccccc3)nc(-c3cccc4oc5c(-c6ccc7cc8c(cc7c6)sc6ccccc68)cccc5c34)n2)cc1. The van der Waals surface area contributed by atoms with E-state index >= 15 is 0 Å². The van der Waals surface area contributed by atoms with Gasteiger partial charge in [-0.15, -0.1) is 11.3 Å². The first-order chi connectivity index (χ1) is 23.8. The summed E-state index contributed by atoms with van der Waals surface area (Å²) < 4.78 is 9.30. The number of para-hydroxylation sites is 1. The minimum absolute atomic E-state index is 0.611. The minimum Gasteiger partial charge on any atom is -0.455 e. The highest BCUT2D eigenvalue weighted by atomic mass is 32.1. The van der Waals surface area contributed by atoms with Gasteiger partial charge in [0.2, 0.25) is 0 Å². The molecule has 0 radical (unpaired) electrons. The van der Waals surface area contributed by atoms with Gasteiger partial charge >= 0.3 is 0 Å². The van der Waals surface area contributed by atoms with Crippen molar-refractivity contribution in [2.75, 3.05) is 0 Å². The van der Waals surface area contributed by atoms with Crippen LogP contribution in [0.3, 0.4) is 0 Å². The topological polar surface area (TPSA) is 51.8 Å². The molecule has 224 valence electrons. The van der Waals surface area contributed by atoms with Crippen LogP contribution < -0.4 is 0 Å². The second-order valence-electron chi connectivity index (χ2n) is 12.0. The summed E-state index contributed by atoms with van der Waals surface area (Å²) in [6.45, 7) is 0. The lowest BCUT2D eigenvalue weighted by Gasteiger charge is -2.09. The van der Waals surface area contributed by atoms with Gasteiger partial charge in [0, 0.05) is 53.2 Å². The van der Waals surface area contributed by atoms with E-state index < -0.39 is 0 Å². The first kappa shape index (κ1) is 27.0. The Kier molecular flexibility index (Phi) is 6.01. The number of nitrogens with zero attached hydrogens (tertiary/aromatic N) is 3. The quantitative estimate of drug-likeness (QED) is 0.194. The molecule has 4 nitrogen and oxygen atoms in total. The van der Waals surface area contributed by atoms with Gasteiger partial charge in [-0.05, 0) is 46.7 Å². The predicted molar refractivity (Wildman–Crippen MR) is 199 cm³/mol. The Morgan fingerprint density at radius 2 is 1.08 bits per heavy atom. The fraction of sp³-hybridized carbons (Fsp3) is 0. The van der Waals surface area contributed by atoms with Gasteiger partial charge in [0.05, 0.1) is 0 Å². The maximum atomic E-state index is 6.68. The normalized spacial score (nSPS) is 11.8. The number of rotatable bonds is 4. The Morgan fingerprint density at radius 3 is 1.88 bits per heavy atom. The molecule has 3 heterocycles. The van der Waals surface area contributed by atoms with Crippen molar-refractivity contribution >= 4 is 64.2 Å². The van der Waals surface area contributed by atoms with Crippen LogP contribution in [-0.2, 0) is 0 Å². The van der Waals surface area contributed by atoms with Crippen molar-refractivity contribution in [1.29, 1.82) is 0 Å². The summed E-state index contributed by atoms with van der Waals surface area (Å²) in [4.78, 5) is 15.0. The second-order valence-corrected chi connectivity index (χ2v) is 13.1.